The molecule has 6 heteroatoms. The molecule has 0 aliphatic carbocycles. The Morgan fingerprint density at radius 3 is 2.71 bits per heavy atom. The molecule has 3 rings (SSSR count). The van der Waals surface area contributed by atoms with E-state index in [-0.39, 0.29) is 5.95 Å². The normalized spacial score (nSPS) is 14.9. The van der Waals surface area contributed by atoms with Crippen LogP contribution >= 0.6 is 0 Å². The van der Waals surface area contributed by atoms with Crippen LogP contribution in [0.4, 0.5) is 23.3 Å². The van der Waals surface area contributed by atoms with Gasteiger partial charge in [-0.25, -0.2) is 0 Å². The molecular formula is C15H20N6. The predicted molar refractivity (Wildman–Crippen MR) is 86.0 cm³/mol. The topological polar surface area (TPSA) is 79.1 Å². The number of nitrogen functional groups attached to an aromatic ring is 1. The van der Waals surface area contributed by atoms with Crippen LogP contribution in [0.5, 0.6) is 0 Å². The first-order valence-electron chi connectivity index (χ1n) is 7.05. The lowest BCUT2D eigenvalue weighted by Crippen LogP contribution is -2.57. The molecule has 1 aliphatic rings. The fourth-order valence-electron chi connectivity index (χ4n) is 2.38. The second-order valence-electron chi connectivity index (χ2n) is 5.30. The van der Waals surface area contributed by atoms with Gasteiger partial charge in [-0.3, -0.25) is 0 Å². The van der Waals surface area contributed by atoms with Gasteiger partial charge in [-0.1, -0.05) is 18.2 Å². The van der Waals surface area contributed by atoms with Gasteiger partial charge in [0.05, 0.1) is 0 Å². The Bertz CT molecular complexity index is 636. The number of rotatable bonds is 4. The summed E-state index contributed by atoms with van der Waals surface area (Å²) in [7, 11) is 1.97. The maximum atomic E-state index is 5.83. The molecule has 0 radical (unpaired) electrons. The van der Waals surface area contributed by atoms with Gasteiger partial charge in [-0.05, 0) is 25.6 Å². The first-order chi connectivity index (χ1) is 10.2. The number of nitrogens with two attached hydrogens (primary N) is 1. The molecule has 1 fully saturated rings. The number of nitrogens with one attached hydrogen (secondary N) is 2. The molecule has 0 amide bonds. The monoisotopic (exact) mass is 284 g/mol. The van der Waals surface area contributed by atoms with Crippen LogP contribution in [0.2, 0.25) is 0 Å². The molecule has 0 unspecified atom stereocenters. The van der Waals surface area contributed by atoms with E-state index in [4.69, 9.17) is 5.73 Å². The predicted octanol–water partition coefficient (Wildman–Crippen LogP) is 1.52. The van der Waals surface area contributed by atoms with Gasteiger partial charge in [0.15, 0.2) is 0 Å². The van der Waals surface area contributed by atoms with Crippen LogP contribution in [0.3, 0.4) is 0 Å². The smallest absolute Gasteiger partial charge is 0.223 e. The minimum atomic E-state index is 0.288. The van der Waals surface area contributed by atoms with Crippen LogP contribution in [-0.4, -0.2) is 36.1 Å². The van der Waals surface area contributed by atoms with Gasteiger partial charge in [0.25, 0.3) is 0 Å². The van der Waals surface area contributed by atoms with Gasteiger partial charge >= 0.3 is 0 Å². The fraction of sp³-hybridized carbons (Fsp3) is 0.333. The van der Waals surface area contributed by atoms with Crippen LogP contribution in [0.15, 0.2) is 30.3 Å². The van der Waals surface area contributed by atoms with Gasteiger partial charge in [-0.15, -0.1) is 0 Å². The highest BCUT2D eigenvalue weighted by atomic mass is 15.3. The van der Waals surface area contributed by atoms with Crippen molar-refractivity contribution in [1.29, 1.82) is 0 Å². The van der Waals surface area contributed by atoms with E-state index < -0.39 is 0 Å². The number of anilines is 4. The Labute approximate surface area is 124 Å². The number of para-hydroxylation sites is 1. The molecule has 1 aliphatic heterocycles. The van der Waals surface area contributed by atoms with Gasteiger partial charge in [0.1, 0.15) is 11.6 Å². The van der Waals surface area contributed by atoms with Crippen LogP contribution in [-0.2, 0) is 0 Å². The number of nitrogens with zero attached hydrogens (tertiary/aromatic N) is 3. The molecule has 2 aromatic rings. The highest BCUT2D eigenvalue weighted by Gasteiger charge is 2.26. The summed E-state index contributed by atoms with van der Waals surface area (Å²) in [6.45, 7) is 3.94. The average Bonchev–Trinajstić information content (AvgIpc) is 2.40. The van der Waals surface area contributed by atoms with E-state index >= 15 is 0 Å². The molecule has 1 aromatic heterocycles. The summed E-state index contributed by atoms with van der Waals surface area (Å²) in [5, 5.41) is 6.55. The zero-order valence-electron chi connectivity index (χ0n) is 12.3. The Morgan fingerprint density at radius 2 is 2.00 bits per heavy atom. The van der Waals surface area contributed by atoms with Crippen molar-refractivity contribution in [3.63, 3.8) is 0 Å². The molecular weight excluding hydrogens is 264 g/mol. The molecule has 6 nitrogen and oxygen atoms in total. The Hall–Kier alpha value is -2.34. The molecule has 4 N–H and O–H groups in total. The summed E-state index contributed by atoms with van der Waals surface area (Å²) < 4.78 is 0. The first kappa shape index (κ1) is 13.6. The third-order valence-corrected chi connectivity index (χ3v) is 3.75. The third-order valence-electron chi connectivity index (χ3n) is 3.75. The van der Waals surface area contributed by atoms with E-state index in [0.29, 0.717) is 6.04 Å². The molecule has 0 saturated carbocycles. The fourth-order valence-corrected chi connectivity index (χ4v) is 2.38. The Morgan fingerprint density at radius 1 is 1.24 bits per heavy atom. The summed E-state index contributed by atoms with van der Waals surface area (Å²) in [4.78, 5) is 10.8. The van der Waals surface area contributed by atoms with E-state index in [1.165, 1.54) is 0 Å². The lowest BCUT2D eigenvalue weighted by atomic mass is 10.1. The summed E-state index contributed by atoms with van der Waals surface area (Å²) in [6.07, 6.45) is 0. The number of aromatic nitrogens is 2. The maximum absolute atomic E-state index is 5.83. The van der Waals surface area contributed by atoms with Crippen LogP contribution in [0.25, 0.3) is 0 Å². The maximum Gasteiger partial charge on any atom is 0.223 e. The van der Waals surface area contributed by atoms with Crippen molar-refractivity contribution in [3.05, 3.63) is 35.9 Å². The number of likely N-dealkylation sites (N-methyl/N-ethyl adjacent to an activating group) is 1. The van der Waals surface area contributed by atoms with Crippen molar-refractivity contribution in [3.8, 4) is 0 Å². The molecule has 0 atom stereocenters. The quantitative estimate of drug-likeness (QED) is 0.790. The van der Waals surface area contributed by atoms with Gasteiger partial charge in [-0.2, -0.15) is 9.97 Å². The van der Waals surface area contributed by atoms with Crippen LogP contribution < -0.4 is 21.3 Å². The summed E-state index contributed by atoms with van der Waals surface area (Å²) >= 11 is 0. The summed E-state index contributed by atoms with van der Waals surface area (Å²) in [5.41, 5.74) is 8.02. The van der Waals surface area contributed by atoms with Crippen molar-refractivity contribution in [2.45, 2.75) is 13.0 Å². The third kappa shape index (κ3) is 2.90. The minimum absolute atomic E-state index is 0.288. The Kier molecular flexibility index (Phi) is 3.62. The summed E-state index contributed by atoms with van der Waals surface area (Å²) in [5.74, 6) is 1.88. The van der Waals surface area contributed by atoms with E-state index in [1.54, 1.807) is 0 Å². The average molecular weight is 284 g/mol. The van der Waals surface area contributed by atoms with Crippen molar-refractivity contribution in [2.24, 2.45) is 0 Å². The largest absolute Gasteiger partial charge is 0.368 e. The molecule has 2 heterocycles. The van der Waals surface area contributed by atoms with E-state index in [1.807, 2.05) is 31.3 Å². The van der Waals surface area contributed by atoms with Crippen molar-refractivity contribution in [1.82, 2.24) is 15.3 Å². The van der Waals surface area contributed by atoms with Crippen molar-refractivity contribution < 1.29 is 0 Å². The van der Waals surface area contributed by atoms with E-state index in [9.17, 15) is 0 Å². The standard InChI is InChI=1S/C15H20N6/c1-10-5-3-4-6-12(10)18-13-7-14(20-15(16)19-13)21-8-11(9-21)17-2/h3-7,11,17H,8-9H2,1-2H3,(H3,16,18,19,20). The highest BCUT2D eigenvalue weighted by molar-refractivity contribution is 5.64. The number of hydrogen-bond acceptors (Lipinski definition) is 6. The van der Waals surface area contributed by atoms with Gasteiger partial charge < -0.3 is 21.3 Å². The van der Waals surface area contributed by atoms with E-state index in [0.717, 1.165) is 36.0 Å². The molecule has 110 valence electrons. The molecule has 21 heavy (non-hydrogen) atoms. The zero-order chi connectivity index (χ0) is 14.8. The number of aryl methyl sites for hydroxylation is 1. The molecule has 1 aromatic carbocycles. The first-order valence-corrected chi connectivity index (χ1v) is 7.05. The lowest BCUT2D eigenvalue weighted by molar-refractivity contribution is 0.447. The van der Waals surface area contributed by atoms with Crippen LogP contribution in [0.1, 0.15) is 5.56 Å². The minimum Gasteiger partial charge on any atom is -0.368 e. The van der Waals surface area contributed by atoms with E-state index in [2.05, 4.69) is 38.5 Å². The number of hydrogen-bond donors (Lipinski definition) is 3. The lowest BCUT2D eigenvalue weighted by Gasteiger charge is -2.40. The summed E-state index contributed by atoms with van der Waals surface area (Å²) in [6, 6.07) is 10.5. The SMILES string of the molecule is CNC1CN(c2cc(Nc3ccccc3C)nc(N)n2)C1. The van der Waals surface area contributed by atoms with Gasteiger partial charge in [0, 0.05) is 30.9 Å². The van der Waals surface area contributed by atoms with Crippen molar-refractivity contribution >= 4 is 23.3 Å². The molecule has 0 bridgehead atoms. The van der Waals surface area contributed by atoms with Crippen molar-refractivity contribution in [2.75, 3.05) is 36.1 Å². The van der Waals surface area contributed by atoms with Gasteiger partial charge in [0.2, 0.25) is 5.95 Å². The number of benzene rings is 1. The van der Waals surface area contributed by atoms with Crippen LogP contribution in [0, 0.1) is 6.92 Å². The molecule has 0 spiro atoms. The second-order valence-corrected chi connectivity index (χ2v) is 5.30. The second kappa shape index (κ2) is 5.57. The molecule has 1 saturated heterocycles. The highest BCUT2D eigenvalue weighted by Crippen LogP contribution is 2.25. The Balaban J connectivity index is 1.80. The zero-order valence-corrected chi connectivity index (χ0v) is 12.3.